The van der Waals surface area contributed by atoms with Crippen molar-refractivity contribution >= 4 is 12.1 Å². The Hall–Kier alpha value is -3.02. The van der Waals surface area contributed by atoms with Gasteiger partial charge in [0.05, 0.1) is 19.9 Å². The number of benzene rings is 2. The molecule has 0 radical (unpaired) electrons. The summed E-state index contributed by atoms with van der Waals surface area (Å²) in [5.41, 5.74) is 4.32. The van der Waals surface area contributed by atoms with Gasteiger partial charge in [-0.2, -0.15) is 5.10 Å². The first-order valence-electron chi connectivity index (χ1n) is 9.39. The number of hydrazone groups is 1. The van der Waals surface area contributed by atoms with E-state index in [1.165, 1.54) is 0 Å². The number of hydrogen-bond acceptors (Lipinski definition) is 5. The van der Waals surface area contributed by atoms with Crippen LogP contribution in [0.5, 0.6) is 17.2 Å². The second kappa shape index (κ2) is 11.0. The number of carbonyl (C=O) groups excluding carboxylic acids is 1. The van der Waals surface area contributed by atoms with Crippen LogP contribution in [0.1, 0.15) is 44.2 Å². The highest BCUT2D eigenvalue weighted by Gasteiger charge is 2.09. The van der Waals surface area contributed by atoms with Gasteiger partial charge in [-0.15, -0.1) is 0 Å². The lowest BCUT2D eigenvalue weighted by Crippen LogP contribution is -2.24. The Morgan fingerprint density at radius 2 is 1.89 bits per heavy atom. The van der Waals surface area contributed by atoms with Gasteiger partial charge in [0.1, 0.15) is 5.75 Å². The molecule has 1 amide bonds. The fourth-order valence-electron chi connectivity index (χ4n) is 2.54. The van der Waals surface area contributed by atoms with Gasteiger partial charge in [0.25, 0.3) is 5.91 Å². The average molecular weight is 384 g/mol. The molecule has 0 unspecified atom stereocenters. The SMILES string of the molecule is CCCOc1ccc(/C=N/NC(=O)COc2ccccc2C(C)C)cc1OC. The summed E-state index contributed by atoms with van der Waals surface area (Å²) >= 11 is 0. The van der Waals surface area contributed by atoms with Gasteiger partial charge in [-0.25, -0.2) is 5.43 Å². The van der Waals surface area contributed by atoms with Crippen LogP contribution >= 0.6 is 0 Å². The maximum atomic E-state index is 12.0. The van der Waals surface area contributed by atoms with Gasteiger partial charge in [0, 0.05) is 0 Å². The second-order valence-electron chi connectivity index (χ2n) is 6.53. The summed E-state index contributed by atoms with van der Waals surface area (Å²) < 4.78 is 16.6. The molecule has 2 aromatic rings. The molecule has 0 atom stereocenters. The first-order chi connectivity index (χ1) is 13.5. The number of ether oxygens (including phenoxy) is 3. The number of methoxy groups -OCH3 is 1. The molecule has 0 aliphatic carbocycles. The Labute approximate surface area is 166 Å². The fraction of sp³-hybridized carbons (Fsp3) is 0.364. The number of carbonyl (C=O) groups is 1. The molecule has 0 bridgehead atoms. The van der Waals surface area contributed by atoms with Gasteiger partial charge in [-0.3, -0.25) is 4.79 Å². The highest BCUT2D eigenvalue weighted by molar-refractivity contribution is 5.83. The van der Waals surface area contributed by atoms with E-state index < -0.39 is 0 Å². The van der Waals surface area contributed by atoms with E-state index in [0.29, 0.717) is 29.8 Å². The summed E-state index contributed by atoms with van der Waals surface area (Å²) in [6.45, 7) is 6.73. The van der Waals surface area contributed by atoms with E-state index in [1.54, 1.807) is 19.4 Å². The van der Waals surface area contributed by atoms with Crippen molar-refractivity contribution in [3.8, 4) is 17.2 Å². The molecule has 150 valence electrons. The molecule has 6 heteroatoms. The Morgan fingerprint density at radius 3 is 2.61 bits per heavy atom. The van der Waals surface area contributed by atoms with Crippen LogP contribution in [0, 0.1) is 0 Å². The van der Waals surface area contributed by atoms with Crippen LogP contribution in [-0.2, 0) is 4.79 Å². The van der Waals surface area contributed by atoms with E-state index in [4.69, 9.17) is 14.2 Å². The summed E-state index contributed by atoms with van der Waals surface area (Å²) in [6, 6.07) is 13.2. The maximum Gasteiger partial charge on any atom is 0.277 e. The van der Waals surface area contributed by atoms with Crippen LogP contribution in [0.25, 0.3) is 0 Å². The molecule has 0 aliphatic rings. The van der Waals surface area contributed by atoms with Crippen molar-refractivity contribution in [1.82, 2.24) is 5.43 Å². The molecule has 0 aromatic heterocycles. The lowest BCUT2D eigenvalue weighted by molar-refractivity contribution is -0.123. The Balaban J connectivity index is 1.89. The quantitative estimate of drug-likeness (QED) is 0.494. The third kappa shape index (κ3) is 6.30. The van der Waals surface area contributed by atoms with Crippen molar-refractivity contribution < 1.29 is 19.0 Å². The van der Waals surface area contributed by atoms with Crippen molar-refractivity contribution in [2.75, 3.05) is 20.3 Å². The molecule has 0 heterocycles. The fourth-order valence-corrected chi connectivity index (χ4v) is 2.54. The predicted molar refractivity (Wildman–Crippen MR) is 111 cm³/mol. The summed E-state index contributed by atoms with van der Waals surface area (Å²) in [5.74, 6) is 2.00. The lowest BCUT2D eigenvalue weighted by atomic mass is 10.0. The van der Waals surface area contributed by atoms with Gasteiger partial charge >= 0.3 is 0 Å². The zero-order valence-corrected chi connectivity index (χ0v) is 16.9. The third-order valence-corrected chi connectivity index (χ3v) is 3.95. The average Bonchev–Trinajstić information content (AvgIpc) is 2.71. The lowest BCUT2D eigenvalue weighted by Gasteiger charge is -2.13. The summed E-state index contributed by atoms with van der Waals surface area (Å²) in [4.78, 5) is 12.0. The highest BCUT2D eigenvalue weighted by atomic mass is 16.5. The minimum absolute atomic E-state index is 0.103. The van der Waals surface area contributed by atoms with E-state index in [1.807, 2.05) is 43.3 Å². The van der Waals surface area contributed by atoms with E-state index in [-0.39, 0.29) is 12.5 Å². The molecule has 6 nitrogen and oxygen atoms in total. The van der Waals surface area contributed by atoms with Crippen LogP contribution in [-0.4, -0.2) is 32.4 Å². The number of amides is 1. The third-order valence-electron chi connectivity index (χ3n) is 3.95. The maximum absolute atomic E-state index is 12.0. The van der Waals surface area contributed by atoms with Crippen molar-refractivity contribution in [3.63, 3.8) is 0 Å². The van der Waals surface area contributed by atoms with E-state index >= 15 is 0 Å². The van der Waals surface area contributed by atoms with E-state index in [2.05, 4.69) is 24.4 Å². The van der Waals surface area contributed by atoms with Crippen LogP contribution < -0.4 is 19.6 Å². The predicted octanol–water partition coefficient (Wildman–Crippen LogP) is 4.14. The normalized spacial score (nSPS) is 10.9. The molecule has 0 aliphatic heterocycles. The van der Waals surface area contributed by atoms with Crippen molar-refractivity contribution in [1.29, 1.82) is 0 Å². The minimum atomic E-state index is -0.329. The number of nitrogens with zero attached hydrogens (tertiary/aromatic N) is 1. The van der Waals surface area contributed by atoms with Gasteiger partial charge in [-0.1, -0.05) is 39.0 Å². The standard InChI is InChI=1S/C22H28N2O4/c1-5-12-27-20-11-10-17(13-21(20)26-4)14-23-24-22(25)15-28-19-9-7-6-8-18(19)16(2)3/h6-11,13-14,16H,5,12,15H2,1-4H3,(H,24,25)/b23-14+. The zero-order chi connectivity index (χ0) is 20.4. The number of hydrogen-bond donors (Lipinski definition) is 1. The Kier molecular flexibility index (Phi) is 8.34. The van der Waals surface area contributed by atoms with Gasteiger partial charge < -0.3 is 14.2 Å². The van der Waals surface area contributed by atoms with Gasteiger partial charge in [-0.05, 0) is 47.7 Å². The zero-order valence-electron chi connectivity index (χ0n) is 16.9. The summed E-state index contributed by atoms with van der Waals surface area (Å²) in [5, 5.41) is 3.98. The molecule has 0 saturated heterocycles. The molecular weight excluding hydrogens is 356 g/mol. The van der Waals surface area contributed by atoms with Crippen LogP contribution in [0.4, 0.5) is 0 Å². The van der Waals surface area contributed by atoms with Crippen molar-refractivity contribution in [2.24, 2.45) is 5.10 Å². The van der Waals surface area contributed by atoms with E-state index in [0.717, 1.165) is 17.5 Å². The number of para-hydroxylation sites is 1. The molecule has 0 spiro atoms. The number of nitrogens with one attached hydrogen (secondary N) is 1. The Bertz CT molecular complexity index is 803. The van der Waals surface area contributed by atoms with Crippen LogP contribution in [0.15, 0.2) is 47.6 Å². The van der Waals surface area contributed by atoms with Crippen molar-refractivity contribution in [2.45, 2.75) is 33.1 Å². The largest absolute Gasteiger partial charge is 0.493 e. The molecule has 0 saturated carbocycles. The van der Waals surface area contributed by atoms with Crippen LogP contribution in [0.2, 0.25) is 0 Å². The minimum Gasteiger partial charge on any atom is -0.493 e. The number of rotatable bonds is 10. The monoisotopic (exact) mass is 384 g/mol. The van der Waals surface area contributed by atoms with Crippen molar-refractivity contribution in [3.05, 3.63) is 53.6 Å². The first kappa shape index (κ1) is 21.3. The van der Waals surface area contributed by atoms with E-state index in [9.17, 15) is 4.79 Å². The topological polar surface area (TPSA) is 69.2 Å². The molecule has 2 aromatic carbocycles. The first-order valence-corrected chi connectivity index (χ1v) is 9.39. The summed E-state index contributed by atoms with van der Waals surface area (Å²) in [6.07, 6.45) is 2.47. The smallest absolute Gasteiger partial charge is 0.277 e. The molecule has 2 rings (SSSR count). The van der Waals surface area contributed by atoms with Gasteiger partial charge in [0.2, 0.25) is 0 Å². The molecule has 1 N–H and O–H groups in total. The summed E-state index contributed by atoms with van der Waals surface area (Å²) in [7, 11) is 1.59. The molecule has 0 fully saturated rings. The second-order valence-corrected chi connectivity index (χ2v) is 6.53. The van der Waals surface area contributed by atoms with Crippen LogP contribution in [0.3, 0.4) is 0 Å². The highest BCUT2D eigenvalue weighted by Crippen LogP contribution is 2.28. The van der Waals surface area contributed by atoms with Gasteiger partial charge in [0.15, 0.2) is 18.1 Å². The Morgan fingerprint density at radius 1 is 1.11 bits per heavy atom. The molecule has 28 heavy (non-hydrogen) atoms. The molecular formula is C22H28N2O4.